The largest absolute Gasteiger partial charge is 0.422 e. The van der Waals surface area contributed by atoms with Crippen LogP contribution in [0.4, 0.5) is 15.9 Å². The van der Waals surface area contributed by atoms with Gasteiger partial charge in [0.1, 0.15) is 0 Å². The molecule has 0 unspecified atom stereocenters. The number of nitrogens with one attached hydrogen (secondary N) is 1. The highest BCUT2D eigenvalue weighted by molar-refractivity contribution is 6.75. The van der Waals surface area contributed by atoms with E-state index in [1.54, 1.807) is 24.3 Å². The standard InChI is InChI=1S/C14H8BClFN5/c16-14-19-7-12(17)13(22-14)21-11-3-1-9(2-4-11)10-5-15(8-18)20-6-10/h1-7H,(H,19,21,22). The Morgan fingerprint density at radius 2 is 2.05 bits per heavy atom. The minimum atomic E-state index is -0.587. The van der Waals surface area contributed by atoms with Crippen LogP contribution in [0.5, 0.6) is 0 Å². The van der Waals surface area contributed by atoms with Gasteiger partial charge in [0.15, 0.2) is 11.6 Å². The van der Waals surface area contributed by atoms with Crippen LogP contribution in [0.3, 0.4) is 0 Å². The van der Waals surface area contributed by atoms with E-state index in [0.717, 1.165) is 17.3 Å². The first-order valence-corrected chi connectivity index (χ1v) is 6.73. The molecule has 1 aliphatic heterocycles. The summed E-state index contributed by atoms with van der Waals surface area (Å²) in [6.45, 7) is -0.426. The molecular formula is C14H8BClFN5. The van der Waals surface area contributed by atoms with Crippen LogP contribution in [0.1, 0.15) is 5.56 Å². The minimum Gasteiger partial charge on any atom is -0.338 e. The number of benzene rings is 1. The van der Waals surface area contributed by atoms with E-state index in [4.69, 9.17) is 16.9 Å². The molecule has 1 aromatic carbocycles. The first kappa shape index (κ1) is 14.2. The maximum atomic E-state index is 13.6. The van der Waals surface area contributed by atoms with Crippen LogP contribution in [0, 0.1) is 17.0 Å². The van der Waals surface area contributed by atoms with Crippen molar-refractivity contribution in [3.63, 3.8) is 0 Å². The Hall–Kier alpha value is -2.72. The Labute approximate surface area is 131 Å². The van der Waals surface area contributed by atoms with E-state index >= 15 is 0 Å². The van der Waals surface area contributed by atoms with Crippen LogP contribution >= 0.6 is 11.6 Å². The topological polar surface area (TPSA) is 74.0 Å². The molecule has 0 atom stereocenters. The summed E-state index contributed by atoms with van der Waals surface area (Å²) in [4.78, 5) is 11.4. The van der Waals surface area contributed by atoms with Crippen molar-refractivity contribution in [2.75, 3.05) is 5.32 Å². The fourth-order valence-corrected chi connectivity index (χ4v) is 2.11. The summed E-state index contributed by atoms with van der Waals surface area (Å²) in [6.07, 6.45) is 2.67. The van der Waals surface area contributed by atoms with E-state index in [2.05, 4.69) is 26.2 Å². The molecule has 22 heavy (non-hydrogen) atoms. The van der Waals surface area contributed by atoms with E-state index in [0.29, 0.717) is 5.69 Å². The summed E-state index contributed by atoms with van der Waals surface area (Å²) in [5, 5.41) is 11.6. The molecule has 0 fully saturated rings. The summed E-state index contributed by atoms with van der Waals surface area (Å²) >= 11 is 5.64. The number of anilines is 2. The molecule has 3 rings (SSSR count). The molecule has 0 radical (unpaired) electrons. The number of hydrogen-bond acceptors (Lipinski definition) is 5. The van der Waals surface area contributed by atoms with E-state index in [1.165, 1.54) is 0 Å². The van der Waals surface area contributed by atoms with Gasteiger partial charge in [-0.3, -0.25) is 0 Å². The Bertz CT molecular complexity index is 813. The average Bonchev–Trinajstić information content (AvgIpc) is 3.01. The van der Waals surface area contributed by atoms with Gasteiger partial charge in [-0.25, -0.2) is 14.6 Å². The van der Waals surface area contributed by atoms with Gasteiger partial charge >= 0.3 is 6.85 Å². The van der Waals surface area contributed by atoms with Crippen LogP contribution in [0.2, 0.25) is 5.28 Å². The Morgan fingerprint density at radius 1 is 1.27 bits per heavy atom. The monoisotopic (exact) mass is 311 g/mol. The number of halogens is 2. The fourth-order valence-electron chi connectivity index (χ4n) is 1.97. The Morgan fingerprint density at radius 3 is 2.73 bits per heavy atom. The number of allylic oxidation sites excluding steroid dienone is 1. The third-order valence-corrected chi connectivity index (χ3v) is 3.22. The van der Waals surface area contributed by atoms with Crippen molar-refractivity contribution < 1.29 is 4.39 Å². The number of nitrogens with zero attached hydrogens (tertiary/aromatic N) is 4. The van der Waals surface area contributed by atoms with Crippen LogP contribution in [-0.4, -0.2) is 23.0 Å². The normalized spacial score (nSPS) is 13.0. The Balaban J connectivity index is 1.79. The summed E-state index contributed by atoms with van der Waals surface area (Å²) < 4.78 is 13.6. The SMILES string of the molecule is N#CB1C=C(c2ccc(Nc3nc(Cl)ncc3F)cc2)C=N1. The van der Waals surface area contributed by atoms with E-state index < -0.39 is 12.7 Å². The maximum Gasteiger partial charge on any atom is 0.422 e. The predicted molar refractivity (Wildman–Crippen MR) is 84.6 cm³/mol. The van der Waals surface area contributed by atoms with Gasteiger partial charge < -0.3 is 10.2 Å². The highest BCUT2D eigenvalue weighted by Crippen LogP contribution is 2.22. The maximum absolute atomic E-state index is 13.6. The predicted octanol–water partition coefficient (Wildman–Crippen LogP) is 3.07. The van der Waals surface area contributed by atoms with Gasteiger partial charge in [0.25, 0.3) is 0 Å². The molecule has 0 saturated carbocycles. The lowest BCUT2D eigenvalue weighted by molar-refractivity contribution is 0.619. The highest BCUT2D eigenvalue weighted by atomic mass is 35.5. The zero-order valence-corrected chi connectivity index (χ0v) is 11.9. The van der Waals surface area contributed by atoms with Crippen LogP contribution in [0.15, 0.2) is 41.3 Å². The minimum absolute atomic E-state index is 0.0129. The molecule has 8 heteroatoms. The second kappa shape index (κ2) is 5.96. The molecule has 0 spiro atoms. The summed E-state index contributed by atoms with van der Waals surface area (Å²) in [7, 11) is 0. The summed E-state index contributed by atoms with van der Waals surface area (Å²) in [5.74, 6) is 3.27. The van der Waals surface area contributed by atoms with Crippen molar-refractivity contribution in [1.82, 2.24) is 9.97 Å². The number of aromatic nitrogens is 2. The molecule has 1 aromatic heterocycles. The molecule has 106 valence electrons. The smallest absolute Gasteiger partial charge is 0.338 e. The van der Waals surface area contributed by atoms with Crippen molar-refractivity contribution in [1.29, 1.82) is 5.26 Å². The Kier molecular flexibility index (Phi) is 3.85. The van der Waals surface area contributed by atoms with Gasteiger partial charge in [-0.2, -0.15) is 4.98 Å². The van der Waals surface area contributed by atoms with Crippen LogP contribution in [0.25, 0.3) is 5.57 Å². The number of hydrogen-bond donors (Lipinski definition) is 1. The van der Waals surface area contributed by atoms with Crippen LogP contribution in [-0.2, 0) is 0 Å². The quantitative estimate of drug-likeness (QED) is 0.698. The first-order chi connectivity index (χ1) is 10.7. The average molecular weight is 312 g/mol. The second-order valence-corrected chi connectivity index (χ2v) is 4.85. The lowest BCUT2D eigenvalue weighted by Gasteiger charge is -2.07. The van der Waals surface area contributed by atoms with Crippen molar-refractivity contribution in [3.05, 3.63) is 53.1 Å². The van der Waals surface area contributed by atoms with Crippen LogP contribution < -0.4 is 5.32 Å². The van der Waals surface area contributed by atoms with Crippen molar-refractivity contribution in [3.8, 4) is 5.97 Å². The van der Waals surface area contributed by atoms with E-state index in [9.17, 15) is 4.39 Å². The van der Waals surface area contributed by atoms with Gasteiger partial charge in [0.05, 0.1) is 6.20 Å². The van der Waals surface area contributed by atoms with E-state index in [-0.39, 0.29) is 11.1 Å². The van der Waals surface area contributed by atoms with Crippen molar-refractivity contribution in [2.45, 2.75) is 0 Å². The molecule has 0 aliphatic carbocycles. The van der Waals surface area contributed by atoms with Gasteiger partial charge in [0.2, 0.25) is 5.28 Å². The highest BCUT2D eigenvalue weighted by Gasteiger charge is 2.16. The number of rotatable bonds is 3. The first-order valence-electron chi connectivity index (χ1n) is 6.36. The van der Waals surface area contributed by atoms with Gasteiger partial charge in [-0.05, 0) is 34.9 Å². The van der Waals surface area contributed by atoms with E-state index in [1.807, 2.05) is 12.1 Å². The zero-order chi connectivity index (χ0) is 15.5. The summed E-state index contributed by atoms with van der Waals surface area (Å²) in [5.41, 5.74) is 2.47. The molecule has 1 aliphatic rings. The fraction of sp³-hybridized carbons (Fsp3) is 0. The lowest BCUT2D eigenvalue weighted by Crippen LogP contribution is -1.99. The molecule has 0 amide bonds. The third-order valence-electron chi connectivity index (χ3n) is 3.04. The van der Waals surface area contributed by atoms with Gasteiger partial charge in [-0.15, -0.1) is 0 Å². The molecule has 2 heterocycles. The molecule has 0 bridgehead atoms. The third kappa shape index (κ3) is 2.97. The molecule has 1 N–H and O–H groups in total. The van der Waals surface area contributed by atoms with Crippen molar-refractivity contribution in [2.24, 2.45) is 4.90 Å². The van der Waals surface area contributed by atoms with Crippen molar-refractivity contribution >= 4 is 41.7 Å². The second-order valence-electron chi connectivity index (χ2n) is 4.51. The molecule has 5 nitrogen and oxygen atoms in total. The number of nitriles is 1. The molecule has 2 aromatic rings. The zero-order valence-electron chi connectivity index (χ0n) is 11.2. The van der Waals surface area contributed by atoms with Gasteiger partial charge in [0, 0.05) is 17.9 Å². The molecular weight excluding hydrogens is 303 g/mol. The van der Waals surface area contributed by atoms with Gasteiger partial charge in [-0.1, -0.05) is 18.1 Å². The summed E-state index contributed by atoms with van der Waals surface area (Å²) in [6, 6.07) is 7.25. The lowest BCUT2D eigenvalue weighted by atomic mass is 9.66. The molecule has 0 saturated heterocycles.